The van der Waals surface area contributed by atoms with E-state index in [9.17, 15) is 24.0 Å². The molecule has 0 radical (unpaired) electrons. The molecule has 1 aliphatic heterocycles. The summed E-state index contributed by atoms with van der Waals surface area (Å²) in [5.74, 6) is -5.00. The molecule has 1 heterocycles. The molecule has 2 atom stereocenters. The van der Waals surface area contributed by atoms with Gasteiger partial charge in [-0.05, 0) is 52.2 Å². The van der Waals surface area contributed by atoms with Gasteiger partial charge in [-0.2, -0.15) is 0 Å². The molecular formula is C37H50N2O8. The van der Waals surface area contributed by atoms with Crippen LogP contribution in [-0.4, -0.2) is 64.4 Å². The Morgan fingerprint density at radius 3 is 1.81 bits per heavy atom. The molecule has 10 nitrogen and oxygen atoms in total. The summed E-state index contributed by atoms with van der Waals surface area (Å²) in [5, 5.41) is 0. The molecule has 0 aliphatic carbocycles. The van der Waals surface area contributed by atoms with E-state index in [0.29, 0.717) is 17.5 Å². The predicted octanol–water partition coefficient (Wildman–Crippen LogP) is 6.45. The summed E-state index contributed by atoms with van der Waals surface area (Å²) in [6, 6.07) is 17.2. The van der Waals surface area contributed by atoms with E-state index in [4.69, 9.17) is 14.2 Å². The van der Waals surface area contributed by atoms with Gasteiger partial charge in [-0.15, -0.1) is 0 Å². The molecule has 0 aromatic heterocycles. The third-order valence-electron chi connectivity index (χ3n) is 8.57. The Bertz CT molecular complexity index is 1390. The van der Waals surface area contributed by atoms with Crippen LogP contribution >= 0.6 is 0 Å². The highest BCUT2D eigenvalue weighted by molar-refractivity contribution is 6.09. The molecule has 2 aromatic carbocycles. The minimum absolute atomic E-state index is 0.0620. The monoisotopic (exact) mass is 650 g/mol. The molecule has 3 amide bonds. The number of hydrogen-bond acceptors (Lipinski definition) is 8. The molecule has 0 bridgehead atoms. The van der Waals surface area contributed by atoms with Crippen molar-refractivity contribution in [1.82, 2.24) is 9.80 Å². The van der Waals surface area contributed by atoms with Gasteiger partial charge in [0, 0.05) is 7.05 Å². The number of ether oxygens (including phenoxy) is 3. The lowest BCUT2D eigenvalue weighted by atomic mass is 9.71. The van der Waals surface area contributed by atoms with Gasteiger partial charge in [-0.1, -0.05) is 99.7 Å². The highest BCUT2D eigenvalue weighted by Gasteiger charge is 2.63. The van der Waals surface area contributed by atoms with Gasteiger partial charge in [0.15, 0.2) is 5.41 Å². The number of carbonyl (C=O) groups is 5. The molecule has 10 heteroatoms. The van der Waals surface area contributed by atoms with Crippen molar-refractivity contribution >= 4 is 29.8 Å². The van der Waals surface area contributed by atoms with Crippen molar-refractivity contribution in [3.63, 3.8) is 0 Å². The van der Waals surface area contributed by atoms with Gasteiger partial charge in [-0.3, -0.25) is 24.1 Å². The van der Waals surface area contributed by atoms with Gasteiger partial charge < -0.3 is 19.1 Å². The number of rotatable bonds is 16. The lowest BCUT2D eigenvalue weighted by Gasteiger charge is -2.38. The maximum atomic E-state index is 14.6. The average molecular weight is 651 g/mol. The van der Waals surface area contributed by atoms with Gasteiger partial charge in [0.05, 0.1) is 12.5 Å². The first kappa shape index (κ1) is 37.2. The summed E-state index contributed by atoms with van der Waals surface area (Å²) in [4.78, 5) is 72.7. The van der Waals surface area contributed by atoms with Crippen LogP contribution in [0.5, 0.6) is 0 Å². The second kappa shape index (κ2) is 16.1. The van der Waals surface area contributed by atoms with Crippen LogP contribution < -0.4 is 0 Å². The fourth-order valence-electron chi connectivity index (χ4n) is 5.54. The molecule has 1 unspecified atom stereocenters. The lowest BCUT2D eigenvalue weighted by molar-refractivity contribution is -0.192. The molecule has 47 heavy (non-hydrogen) atoms. The number of imide groups is 1. The topological polar surface area (TPSA) is 120 Å². The Kier molecular flexibility index (Phi) is 12.7. The van der Waals surface area contributed by atoms with E-state index in [2.05, 4.69) is 6.92 Å². The summed E-state index contributed by atoms with van der Waals surface area (Å²) < 4.78 is 17.5. The van der Waals surface area contributed by atoms with Crippen molar-refractivity contribution in [2.75, 3.05) is 13.6 Å². The van der Waals surface area contributed by atoms with Crippen molar-refractivity contribution in [1.29, 1.82) is 0 Å². The molecular weight excluding hydrogens is 600 g/mol. The fraction of sp³-hybridized carbons (Fsp3) is 0.541. The SMILES string of the molecule is CCCCCCC[C@@H](C(=O)OCc1ccccc1)C(CN1C(=O)N(C)C(C)(C)C1=O)(C(=O)OCc1ccccc1)C(=O)OC(C)(C)C. The Morgan fingerprint density at radius 2 is 1.32 bits per heavy atom. The molecule has 256 valence electrons. The summed E-state index contributed by atoms with van der Waals surface area (Å²) >= 11 is 0. The largest absolute Gasteiger partial charge is 0.461 e. The highest BCUT2D eigenvalue weighted by Crippen LogP contribution is 2.41. The molecule has 1 saturated heterocycles. The zero-order valence-corrected chi connectivity index (χ0v) is 28.9. The van der Waals surface area contributed by atoms with Crippen LogP contribution in [-0.2, 0) is 46.6 Å². The van der Waals surface area contributed by atoms with Crippen molar-refractivity contribution < 1.29 is 38.2 Å². The van der Waals surface area contributed by atoms with Gasteiger partial charge >= 0.3 is 23.9 Å². The number of benzene rings is 2. The zero-order chi connectivity index (χ0) is 34.8. The number of urea groups is 1. The van der Waals surface area contributed by atoms with Crippen molar-refractivity contribution in [2.45, 2.75) is 104 Å². The summed E-state index contributed by atoms with van der Waals surface area (Å²) in [5.41, 5.74) is -3.40. The van der Waals surface area contributed by atoms with Crippen LogP contribution in [0.2, 0.25) is 0 Å². The number of esters is 3. The van der Waals surface area contributed by atoms with Crippen LogP contribution in [0.4, 0.5) is 4.79 Å². The molecule has 1 aliphatic rings. The molecule has 0 saturated carbocycles. The number of amides is 3. The summed E-state index contributed by atoms with van der Waals surface area (Å²) in [7, 11) is 1.47. The van der Waals surface area contributed by atoms with E-state index in [0.717, 1.165) is 30.6 Å². The minimum atomic E-state index is -2.42. The maximum absolute atomic E-state index is 14.6. The first-order valence-corrected chi connectivity index (χ1v) is 16.4. The lowest BCUT2D eigenvalue weighted by Crippen LogP contribution is -2.59. The van der Waals surface area contributed by atoms with E-state index in [1.165, 1.54) is 11.9 Å². The standard InChI is InChI=1S/C37H50N2O8/c1-8-9-10-11-18-23-29(30(40)45-24-27-19-14-12-15-20-27)37(33(43)47-35(2,3)4,32(42)46-25-28-21-16-13-17-22-28)26-39-31(41)36(5,6)38(7)34(39)44/h12-17,19-22,29H,8-11,18,23-26H2,1-7H3/t29-,37?/m0/s1. The number of unbranched alkanes of at least 4 members (excludes halogenated alkanes) is 4. The molecule has 1 fully saturated rings. The second-order valence-electron chi connectivity index (χ2n) is 13.7. The maximum Gasteiger partial charge on any atom is 0.327 e. The summed E-state index contributed by atoms with van der Waals surface area (Å²) in [6.07, 6.45) is 4.15. The average Bonchev–Trinajstić information content (AvgIpc) is 3.17. The van der Waals surface area contributed by atoms with Crippen molar-refractivity contribution in [2.24, 2.45) is 11.3 Å². The Hall–Kier alpha value is -4.21. The quantitative estimate of drug-likeness (QED) is 0.0669. The fourth-order valence-corrected chi connectivity index (χ4v) is 5.54. The van der Waals surface area contributed by atoms with Crippen LogP contribution in [0.15, 0.2) is 60.7 Å². The number of carbonyl (C=O) groups excluding carboxylic acids is 5. The Morgan fingerprint density at radius 1 is 0.787 bits per heavy atom. The van der Waals surface area contributed by atoms with Crippen molar-refractivity contribution in [3.05, 3.63) is 71.8 Å². The van der Waals surface area contributed by atoms with Gasteiger partial charge in [0.1, 0.15) is 24.4 Å². The third-order valence-corrected chi connectivity index (χ3v) is 8.57. The minimum Gasteiger partial charge on any atom is -0.461 e. The van der Waals surface area contributed by atoms with Crippen molar-refractivity contribution in [3.8, 4) is 0 Å². The van der Waals surface area contributed by atoms with Gasteiger partial charge in [0.2, 0.25) is 0 Å². The van der Waals surface area contributed by atoms with Crippen LogP contribution in [0.3, 0.4) is 0 Å². The number of nitrogens with zero attached hydrogens (tertiary/aromatic N) is 2. The molecule has 0 spiro atoms. The highest BCUT2D eigenvalue weighted by atomic mass is 16.6. The molecule has 3 rings (SSSR count). The van der Waals surface area contributed by atoms with E-state index in [1.54, 1.807) is 71.0 Å². The van der Waals surface area contributed by atoms with Crippen LogP contribution in [0.25, 0.3) is 0 Å². The predicted molar refractivity (Wildman–Crippen MR) is 177 cm³/mol. The zero-order valence-electron chi connectivity index (χ0n) is 28.9. The van der Waals surface area contributed by atoms with Gasteiger partial charge in [-0.25, -0.2) is 4.79 Å². The smallest absolute Gasteiger partial charge is 0.327 e. The second-order valence-corrected chi connectivity index (χ2v) is 13.7. The Labute approximate surface area is 278 Å². The van der Waals surface area contributed by atoms with E-state index < -0.39 is 58.9 Å². The van der Waals surface area contributed by atoms with Crippen LogP contribution in [0.1, 0.15) is 91.2 Å². The number of likely N-dealkylation sites (N-methyl/N-ethyl adjacent to an activating group) is 1. The van der Waals surface area contributed by atoms with Gasteiger partial charge in [0.25, 0.3) is 5.91 Å². The van der Waals surface area contributed by atoms with Crippen LogP contribution in [0, 0.1) is 11.3 Å². The first-order chi connectivity index (χ1) is 22.1. The van der Waals surface area contributed by atoms with E-state index in [1.807, 2.05) is 24.3 Å². The third kappa shape index (κ3) is 9.20. The van der Waals surface area contributed by atoms with E-state index >= 15 is 0 Å². The molecule has 2 aromatic rings. The first-order valence-electron chi connectivity index (χ1n) is 16.4. The summed E-state index contributed by atoms with van der Waals surface area (Å²) in [6.45, 7) is 9.10. The number of hydrogen-bond donors (Lipinski definition) is 0. The molecule has 0 N–H and O–H groups in total. The normalized spacial score (nSPS) is 16.4. The van der Waals surface area contributed by atoms with E-state index in [-0.39, 0.29) is 19.6 Å². The Balaban J connectivity index is 2.18.